The minimum Gasteiger partial charge on any atom is -0.454 e. The van der Waals surface area contributed by atoms with E-state index in [4.69, 9.17) is 4.42 Å². The second-order valence-electron chi connectivity index (χ2n) is 6.92. The molecule has 0 atom stereocenters. The number of furan rings is 1. The van der Waals surface area contributed by atoms with Gasteiger partial charge in [-0.25, -0.2) is 4.98 Å². The van der Waals surface area contributed by atoms with E-state index in [1.807, 2.05) is 48.3 Å². The number of para-hydroxylation sites is 2. The molecule has 0 spiro atoms. The normalized spacial score (nSPS) is 11.4. The molecule has 3 aromatic heterocycles. The third kappa shape index (κ3) is 2.79. The highest BCUT2D eigenvalue weighted by atomic mass is 16.3. The second kappa shape index (κ2) is 6.49. The Labute approximate surface area is 161 Å². The van der Waals surface area contributed by atoms with Crippen molar-refractivity contribution in [3.63, 3.8) is 0 Å². The molecule has 0 amide bonds. The fourth-order valence-corrected chi connectivity index (χ4v) is 3.49. The quantitative estimate of drug-likeness (QED) is 0.497. The van der Waals surface area contributed by atoms with E-state index in [0.29, 0.717) is 23.9 Å². The zero-order valence-electron chi connectivity index (χ0n) is 15.7. The Kier molecular flexibility index (Phi) is 3.83. The zero-order valence-corrected chi connectivity index (χ0v) is 15.7. The highest BCUT2D eigenvalue weighted by Crippen LogP contribution is 2.27. The molecule has 2 aromatic carbocycles. The van der Waals surface area contributed by atoms with E-state index in [1.54, 1.807) is 6.20 Å². The molecule has 3 heterocycles. The van der Waals surface area contributed by atoms with Gasteiger partial charge in [0.15, 0.2) is 5.76 Å². The first kappa shape index (κ1) is 16.5. The molecule has 0 saturated carbocycles. The standard InChI is InChI=1S/C22H19N5O/c1-14-16-8-4-5-9-17(16)24-19(14)13-27(2)22-25-18(12-23-26-22)21-11-15-7-3-6-10-20(15)28-21/h3-12,24H,13H2,1-2H3. The van der Waals surface area contributed by atoms with Crippen LogP contribution in [0.1, 0.15) is 11.3 Å². The van der Waals surface area contributed by atoms with Gasteiger partial charge in [0.05, 0.1) is 12.7 Å². The molecule has 0 aliphatic carbocycles. The summed E-state index contributed by atoms with van der Waals surface area (Å²) >= 11 is 0. The first-order valence-electron chi connectivity index (χ1n) is 9.15. The average Bonchev–Trinajstić information content (AvgIpc) is 3.30. The van der Waals surface area contributed by atoms with Crippen LogP contribution in [0.4, 0.5) is 5.95 Å². The number of benzene rings is 2. The van der Waals surface area contributed by atoms with Gasteiger partial charge in [-0.05, 0) is 30.7 Å². The molecule has 0 aliphatic heterocycles. The van der Waals surface area contributed by atoms with Gasteiger partial charge in [-0.1, -0.05) is 36.4 Å². The molecule has 28 heavy (non-hydrogen) atoms. The summed E-state index contributed by atoms with van der Waals surface area (Å²) in [6.07, 6.45) is 1.63. The number of aromatic nitrogens is 4. The zero-order chi connectivity index (χ0) is 19.1. The van der Waals surface area contributed by atoms with Crippen LogP contribution in [0.2, 0.25) is 0 Å². The minimum absolute atomic E-state index is 0.552. The molecule has 0 fully saturated rings. The molecule has 5 aromatic rings. The van der Waals surface area contributed by atoms with Gasteiger partial charge in [-0.2, -0.15) is 5.10 Å². The third-order valence-electron chi connectivity index (χ3n) is 5.03. The lowest BCUT2D eigenvalue weighted by atomic mass is 10.1. The lowest BCUT2D eigenvalue weighted by Crippen LogP contribution is -2.20. The predicted octanol–water partition coefficient (Wildman–Crippen LogP) is 4.71. The van der Waals surface area contributed by atoms with Crippen LogP contribution in [0.3, 0.4) is 0 Å². The summed E-state index contributed by atoms with van der Waals surface area (Å²) in [5.41, 5.74) is 5.02. The van der Waals surface area contributed by atoms with E-state index in [9.17, 15) is 0 Å². The maximum Gasteiger partial charge on any atom is 0.246 e. The van der Waals surface area contributed by atoms with Gasteiger partial charge in [0.25, 0.3) is 0 Å². The largest absolute Gasteiger partial charge is 0.454 e. The first-order valence-corrected chi connectivity index (χ1v) is 9.15. The van der Waals surface area contributed by atoms with Gasteiger partial charge in [0, 0.05) is 29.0 Å². The molecule has 6 heteroatoms. The smallest absolute Gasteiger partial charge is 0.246 e. The van der Waals surface area contributed by atoms with E-state index < -0.39 is 0 Å². The van der Waals surface area contributed by atoms with Crippen LogP contribution < -0.4 is 4.90 Å². The summed E-state index contributed by atoms with van der Waals surface area (Å²) in [6, 6.07) is 18.2. The molecule has 5 rings (SSSR count). The van der Waals surface area contributed by atoms with Gasteiger partial charge < -0.3 is 14.3 Å². The Bertz CT molecular complexity index is 1250. The van der Waals surface area contributed by atoms with Gasteiger partial charge in [0.1, 0.15) is 11.3 Å². The summed E-state index contributed by atoms with van der Waals surface area (Å²) in [6.45, 7) is 2.79. The topological polar surface area (TPSA) is 70.8 Å². The van der Waals surface area contributed by atoms with Crippen molar-refractivity contribution in [1.82, 2.24) is 20.2 Å². The van der Waals surface area contributed by atoms with Gasteiger partial charge in [0.2, 0.25) is 5.95 Å². The van der Waals surface area contributed by atoms with Crippen molar-refractivity contribution in [2.45, 2.75) is 13.5 Å². The first-order chi connectivity index (χ1) is 13.7. The summed E-state index contributed by atoms with van der Waals surface area (Å²) in [4.78, 5) is 10.1. The Morgan fingerprint density at radius 1 is 1.07 bits per heavy atom. The van der Waals surface area contributed by atoms with E-state index >= 15 is 0 Å². The van der Waals surface area contributed by atoms with Crippen molar-refractivity contribution in [3.05, 3.63) is 72.1 Å². The highest BCUT2D eigenvalue weighted by Gasteiger charge is 2.14. The van der Waals surface area contributed by atoms with Gasteiger partial charge >= 0.3 is 0 Å². The van der Waals surface area contributed by atoms with Crippen LogP contribution in [-0.4, -0.2) is 27.2 Å². The van der Waals surface area contributed by atoms with Crippen molar-refractivity contribution < 1.29 is 4.42 Å². The van der Waals surface area contributed by atoms with Crippen LogP contribution in [0.25, 0.3) is 33.3 Å². The number of hydrogen-bond donors (Lipinski definition) is 1. The molecule has 6 nitrogen and oxygen atoms in total. The van der Waals surface area contributed by atoms with Crippen molar-refractivity contribution in [2.24, 2.45) is 0 Å². The fourth-order valence-electron chi connectivity index (χ4n) is 3.49. The Morgan fingerprint density at radius 3 is 2.75 bits per heavy atom. The molecule has 0 saturated heterocycles. The predicted molar refractivity (Wildman–Crippen MR) is 110 cm³/mol. The van der Waals surface area contributed by atoms with Crippen LogP contribution in [0, 0.1) is 6.92 Å². The maximum atomic E-state index is 5.91. The molecular weight excluding hydrogens is 350 g/mol. The van der Waals surface area contributed by atoms with E-state index in [0.717, 1.165) is 22.2 Å². The van der Waals surface area contributed by atoms with E-state index in [-0.39, 0.29) is 0 Å². The summed E-state index contributed by atoms with van der Waals surface area (Å²) < 4.78 is 5.91. The fraction of sp³-hybridized carbons (Fsp3) is 0.136. The second-order valence-corrected chi connectivity index (χ2v) is 6.92. The van der Waals surface area contributed by atoms with Crippen molar-refractivity contribution in [2.75, 3.05) is 11.9 Å². The van der Waals surface area contributed by atoms with Crippen molar-refractivity contribution in [1.29, 1.82) is 0 Å². The van der Waals surface area contributed by atoms with Crippen LogP contribution >= 0.6 is 0 Å². The SMILES string of the molecule is Cc1c(CN(C)c2nncc(-c3cc4ccccc4o3)n2)[nH]c2ccccc12. The molecule has 0 unspecified atom stereocenters. The number of rotatable bonds is 4. The van der Waals surface area contributed by atoms with Crippen molar-refractivity contribution >= 4 is 27.8 Å². The summed E-state index contributed by atoms with van der Waals surface area (Å²) in [7, 11) is 1.96. The monoisotopic (exact) mass is 369 g/mol. The van der Waals surface area contributed by atoms with E-state index in [2.05, 4.69) is 45.3 Å². The molecule has 0 aliphatic rings. The van der Waals surface area contributed by atoms with Crippen LogP contribution in [-0.2, 0) is 6.54 Å². The summed E-state index contributed by atoms with van der Waals surface area (Å²) in [5.74, 6) is 1.24. The van der Waals surface area contributed by atoms with E-state index in [1.165, 1.54) is 10.9 Å². The third-order valence-corrected chi connectivity index (χ3v) is 5.03. The Morgan fingerprint density at radius 2 is 1.89 bits per heavy atom. The number of fused-ring (bicyclic) bond motifs is 2. The molecular formula is C22H19N5O. The summed E-state index contributed by atoms with van der Waals surface area (Å²) in [5, 5.41) is 10.6. The molecule has 138 valence electrons. The lowest BCUT2D eigenvalue weighted by molar-refractivity contribution is 0.627. The molecule has 1 N–H and O–H groups in total. The number of aromatic amines is 1. The molecule has 0 bridgehead atoms. The lowest BCUT2D eigenvalue weighted by Gasteiger charge is -2.16. The number of anilines is 1. The average molecular weight is 369 g/mol. The number of H-pyrrole nitrogens is 1. The number of nitrogens with one attached hydrogen (secondary N) is 1. The number of aryl methyl sites for hydroxylation is 1. The number of hydrogen-bond acceptors (Lipinski definition) is 5. The Hall–Kier alpha value is -3.67. The minimum atomic E-state index is 0.552. The van der Waals surface area contributed by atoms with Gasteiger partial charge in [-0.15, -0.1) is 5.10 Å². The van der Waals surface area contributed by atoms with Crippen LogP contribution in [0.15, 0.2) is 65.2 Å². The molecule has 0 radical (unpaired) electrons. The van der Waals surface area contributed by atoms with Crippen molar-refractivity contribution in [3.8, 4) is 11.5 Å². The van der Waals surface area contributed by atoms with Gasteiger partial charge in [-0.3, -0.25) is 0 Å². The Balaban J connectivity index is 1.45. The number of nitrogens with zero attached hydrogens (tertiary/aromatic N) is 4. The maximum absolute atomic E-state index is 5.91. The van der Waals surface area contributed by atoms with Crippen LogP contribution in [0.5, 0.6) is 0 Å². The highest BCUT2D eigenvalue weighted by molar-refractivity contribution is 5.84.